The average Bonchev–Trinajstić information content (AvgIpc) is 2.36. The molecule has 98 valence electrons. The van der Waals surface area contributed by atoms with E-state index in [-0.39, 0.29) is 5.91 Å². The fourth-order valence-corrected chi connectivity index (χ4v) is 2.33. The number of rotatable bonds is 3. The van der Waals surface area contributed by atoms with E-state index in [0.29, 0.717) is 6.42 Å². The third kappa shape index (κ3) is 3.93. The minimum Gasteiger partial charge on any atom is -0.326 e. The van der Waals surface area contributed by atoms with Crippen LogP contribution in [0.3, 0.4) is 0 Å². The van der Waals surface area contributed by atoms with Gasteiger partial charge in [0.25, 0.3) is 0 Å². The van der Waals surface area contributed by atoms with Gasteiger partial charge in [-0.2, -0.15) is 0 Å². The molecule has 2 aromatic rings. The van der Waals surface area contributed by atoms with Gasteiger partial charge in [-0.3, -0.25) is 4.79 Å². The first-order chi connectivity index (χ1) is 9.04. The molecule has 0 spiro atoms. The average molecular weight is 318 g/mol. The topological polar surface area (TPSA) is 29.1 Å². The Morgan fingerprint density at radius 2 is 1.79 bits per heavy atom. The Kier molecular flexibility index (Phi) is 4.38. The van der Waals surface area contributed by atoms with Crippen LogP contribution in [0.1, 0.15) is 16.7 Å². The van der Waals surface area contributed by atoms with Crippen molar-refractivity contribution in [3.8, 4) is 0 Å². The van der Waals surface area contributed by atoms with Gasteiger partial charge < -0.3 is 5.32 Å². The van der Waals surface area contributed by atoms with Crippen molar-refractivity contribution < 1.29 is 4.79 Å². The Labute approximate surface area is 122 Å². The highest BCUT2D eigenvalue weighted by molar-refractivity contribution is 9.10. The number of hydrogen-bond acceptors (Lipinski definition) is 1. The molecular formula is C16H16BrNO. The third-order valence-corrected chi connectivity index (χ3v) is 3.44. The monoisotopic (exact) mass is 317 g/mol. The second-order valence-corrected chi connectivity index (χ2v) is 5.59. The molecule has 0 saturated heterocycles. The minimum atomic E-state index is 0.00859. The van der Waals surface area contributed by atoms with Gasteiger partial charge in [0.15, 0.2) is 0 Å². The summed E-state index contributed by atoms with van der Waals surface area (Å²) in [4.78, 5) is 12.0. The third-order valence-electron chi connectivity index (χ3n) is 2.95. The van der Waals surface area contributed by atoms with Crippen LogP contribution >= 0.6 is 15.9 Å². The van der Waals surface area contributed by atoms with Crippen molar-refractivity contribution in [1.82, 2.24) is 0 Å². The van der Waals surface area contributed by atoms with Gasteiger partial charge in [0.05, 0.1) is 6.42 Å². The summed E-state index contributed by atoms with van der Waals surface area (Å²) in [5.41, 5.74) is 4.14. The van der Waals surface area contributed by atoms with Gasteiger partial charge in [-0.05, 0) is 43.2 Å². The highest BCUT2D eigenvalue weighted by Crippen LogP contribution is 2.20. The van der Waals surface area contributed by atoms with Crippen LogP contribution < -0.4 is 5.32 Å². The second kappa shape index (κ2) is 6.02. The maximum absolute atomic E-state index is 12.0. The molecule has 0 aromatic heterocycles. The van der Waals surface area contributed by atoms with E-state index < -0.39 is 0 Å². The summed E-state index contributed by atoms with van der Waals surface area (Å²) in [6.07, 6.45) is 0.399. The fraction of sp³-hybridized carbons (Fsp3) is 0.188. The smallest absolute Gasteiger partial charge is 0.228 e. The van der Waals surface area contributed by atoms with Gasteiger partial charge >= 0.3 is 0 Å². The lowest BCUT2D eigenvalue weighted by molar-refractivity contribution is -0.115. The standard InChI is InChI=1S/C16H16BrNO/c1-11-3-5-13(6-4-11)10-16(19)18-15-8-7-14(17)9-12(15)2/h3-9H,10H2,1-2H3,(H,18,19). The molecule has 0 saturated carbocycles. The fourth-order valence-electron chi connectivity index (χ4n) is 1.85. The number of hydrogen-bond donors (Lipinski definition) is 1. The summed E-state index contributed by atoms with van der Waals surface area (Å²) in [6.45, 7) is 4.02. The number of benzene rings is 2. The van der Waals surface area contributed by atoms with Crippen molar-refractivity contribution in [2.24, 2.45) is 0 Å². The van der Waals surface area contributed by atoms with E-state index in [2.05, 4.69) is 21.2 Å². The molecule has 0 atom stereocenters. The van der Waals surface area contributed by atoms with Crippen molar-refractivity contribution in [3.05, 3.63) is 63.6 Å². The van der Waals surface area contributed by atoms with Crippen molar-refractivity contribution in [2.45, 2.75) is 20.3 Å². The number of carbonyl (C=O) groups excluding carboxylic acids is 1. The van der Waals surface area contributed by atoms with E-state index in [0.717, 1.165) is 21.3 Å². The van der Waals surface area contributed by atoms with Crippen molar-refractivity contribution >= 4 is 27.5 Å². The predicted octanol–water partition coefficient (Wildman–Crippen LogP) is 4.25. The van der Waals surface area contributed by atoms with Crippen LogP contribution in [0.2, 0.25) is 0 Å². The summed E-state index contributed by atoms with van der Waals surface area (Å²) in [7, 11) is 0. The van der Waals surface area contributed by atoms with Crippen molar-refractivity contribution in [1.29, 1.82) is 0 Å². The quantitative estimate of drug-likeness (QED) is 0.901. The number of halogens is 1. The Morgan fingerprint density at radius 3 is 2.42 bits per heavy atom. The maximum atomic E-state index is 12.0. The first-order valence-electron chi connectivity index (χ1n) is 6.16. The first kappa shape index (κ1) is 13.8. The lowest BCUT2D eigenvalue weighted by Gasteiger charge is -2.09. The van der Waals surface area contributed by atoms with Gasteiger partial charge in [0.1, 0.15) is 0 Å². The SMILES string of the molecule is Cc1ccc(CC(=O)Nc2ccc(Br)cc2C)cc1. The van der Waals surface area contributed by atoms with Gasteiger partial charge in [-0.1, -0.05) is 45.8 Å². The van der Waals surface area contributed by atoms with Crippen molar-refractivity contribution in [2.75, 3.05) is 5.32 Å². The van der Waals surface area contributed by atoms with E-state index in [4.69, 9.17) is 0 Å². The van der Waals surface area contributed by atoms with Crippen LogP contribution in [0.15, 0.2) is 46.9 Å². The van der Waals surface area contributed by atoms with Crippen LogP contribution in [0.25, 0.3) is 0 Å². The van der Waals surface area contributed by atoms with Gasteiger partial charge in [-0.15, -0.1) is 0 Å². The zero-order chi connectivity index (χ0) is 13.8. The first-order valence-corrected chi connectivity index (χ1v) is 6.95. The minimum absolute atomic E-state index is 0.00859. The molecule has 3 heteroatoms. The van der Waals surface area contributed by atoms with Crippen LogP contribution in [0, 0.1) is 13.8 Å². The maximum Gasteiger partial charge on any atom is 0.228 e. The summed E-state index contributed by atoms with van der Waals surface area (Å²) in [5, 5.41) is 2.94. The van der Waals surface area contributed by atoms with Gasteiger partial charge in [0.2, 0.25) is 5.91 Å². The lowest BCUT2D eigenvalue weighted by atomic mass is 10.1. The summed E-state index contributed by atoms with van der Waals surface area (Å²) in [6, 6.07) is 13.8. The van der Waals surface area contributed by atoms with Crippen molar-refractivity contribution in [3.63, 3.8) is 0 Å². The predicted molar refractivity (Wildman–Crippen MR) is 82.4 cm³/mol. The molecule has 2 nitrogen and oxygen atoms in total. The molecule has 2 rings (SSSR count). The van der Waals surface area contributed by atoms with E-state index in [1.54, 1.807) is 0 Å². The molecule has 0 fully saturated rings. The molecule has 19 heavy (non-hydrogen) atoms. The zero-order valence-corrected chi connectivity index (χ0v) is 12.6. The lowest BCUT2D eigenvalue weighted by Crippen LogP contribution is -2.15. The number of nitrogens with one attached hydrogen (secondary N) is 1. The number of amides is 1. The molecule has 0 heterocycles. The molecule has 0 unspecified atom stereocenters. The van der Waals surface area contributed by atoms with Crippen LogP contribution in [0.4, 0.5) is 5.69 Å². The molecule has 0 radical (unpaired) electrons. The zero-order valence-electron chi connectivity index (χ0n) is 11.0. The highest BCUT2D eigenvalue weighted by atomic mass is 79.9. The molecule has 0 aliphatic carbocycles. The number of aryl methyl sites for hydroxylation is 2. The highest BCUT2D eigenvalue weighted by Gasteiger charge is 2.06. The Hall–Kier alpha value is -1.61. The van der Waals surface area contributed by atoms with Gasteiger partial charge in [0, 0.05) is 10.2 Å². The van der Waals surface area contributed by atoms with E-state index in [9.17, 15) is 4.79 Å². The van der Waals surface area contributed by atoms with Crippen LogP contribution in [-0.4, -0.2) is 5.91 Å². The molecular weight excluding hydrogens is 302 g/mol. The van der Waals surface area contributed by atoms with E-state index in [1.807, 2.05) is 56.3 Å². The molecule has 0 bridgehead atoms. The normalized spacial score (nSPS) is 10.3. The second-order valence-electron chi connectivity index (χ2n) is 4.67. The Balaban J connectivity index is 2.03. The molecule has 0 aliphatic heterocycles. The number of carbonyl (C=O) groups is 1. The molecule has 1 N–H and O–H groups in total. The van der Waals surface area contributed by atoms with Crippen LogP contribution in [-0.2, 0) is 11.2 Å². The van der Waals surface area contributed by atoms with E-state index >= 15 is 0 Å². The Bertz CT molecular complexity index is 590. The van der Waals surface area contributed by atoms with Gasteiger partial charge in [-0.25, -0.2) is 0 Å². The van der Waals surface area contributed by atoms with Crippen LogP contribution in [0.5, 0.6) is 0 Å². The summed E-state index contributed by atoms with van der Waals surface area (Å²) in [5.74, 6) is 0.00859. The summed E-state index contributed by atoms with van der Waals surface area (Å²) >= 11 is 3.41. The molecule has 1 amide bonds. The summed E-state index contributed by atoms with van der Waals surface area (Å²) < 4.78 is 1.02. The molecule has 0 aliphatic rings. The number of anilines is 1. The van der Waals surface area contributed by atoms with E-state index in [1.165, 1.54) is 5.56 Å². The largest absolute Gasteiger partial charge is 0.326 e. The Morgan fingerprint density at radius 1 is 1.11 bits per heavy atom. The molecule has 2 aromatic carbocycles.